The van der Waals surface area contributed by atoms with Crippen molar-refractivity contribution < 1.29 is 14.3 Å². The van der Waals surface area contributed by atoms with Crippen molar-refractivity contribution >= 4 is 5.91 Å². The average molecular weight is 228 g/mol. The molecule has 1 amide bonds. The zero-order valence-corrected chi connectivity index (χ0v) is 9.70. The Morgan fingerprint density at radius 3 is 2.81 bits per heavy atom. The van der Waals surface area contributed by atoms with E-state index in [1.807, 2.05) is 0 Å². The van der Waals surface area contributed by atoms with Crippen molar-refractivity contribution in [3.8, 4) is 0 Å². The van der Waals surface area contributed by atoms with Gasteiger partial charge in [-0.2, -0.15) is 0 Å². The average Bonchev–Trinajstić information content (AvgIpc) is 2.77. The van der Waals surface area contributed by atoms with Crippen molar-refractivity contribution in [2.24, 2.45) is 5.92 Å². The van der Waals surface area contributed by atoms with Crippen LogP contribution in [0.4, 0.5) is 0 Å². The van der Waals surface area contributed by atoms with Crippen LogP contribution in [-0.4, -0.2) is 51.5 Å². The summed E-state index contributed by atoms with van der Waals surface area (Å²) in [5.74, 6) is 0.269. The highest BCUT2D eigenvalue weighted by molar-refractivity contribution is 5.79. The number of ether oxygens (including phenoxy) is 2. The fourth-order valence-electron chi connectivity index (χ4n) is 2.31. The molecule has 0 aromatic carbocycles. The maximum absolute atomic E-state index is 12.0. The molecule has 2 fully saturated rings. The zero-order chi connectivity index (χ0) is 11.4. The second kappa shape index (κ2) is 5.61. The molecule has 5 heteroatoms. The maximum atomic E-state index is 12.0. The van der Waals surface area contributed by atoms with Crippen molar-refractivity contribution in [3.63, 3.8) is 0 Å². The van der Waals surface area contributed by atoms with Crippen LogP contribution in [0.25, 0.3) is 0 Å². The summed E-state index contributed by atoms with van der Waals surface area (Å²) < 4.78 is 10.6. The smallest absolute Gasteiger partial charge is 0.223 e. The molecule has 2 aliphatic rings. The second-order valence-electron chi connectivity index (χ2n) is 4.43. The van der Waals surface area contributed by atoms with Gasteiger partial charge in [0.05, 0.1) is 12.1 Å². The van der Waals surface area contributed by atoms with E-state index in [1.165, 1.54) is 0 Å². The highest BCUT2D eigenvalue weighted by Crippen LogP contribution is 2.15. The van der Waals surface area contributed by atoms with Crippen molar-refractivity contribution in [1.29, 1.82) is 0 Å². The molecular formula is C11H20N2O3. The first-order chi connectivity index (χ1) is 7.81. The first kappa shape index (κ1) is 11.8. The van der Waals surface area contributed by atoms with Gasteiger partial charge in [0.1, 0.15) is 0 Å². The van der Waals surface area contributed by atoms with Crippen LogP contribution in [0.5, 0.6) is 0 Å². The van der Waals surface area contributed by atoms with Crippen LogP contribution in [0, 0.1) is 5.92 Å². The topological polar surface area (TPSA) is 59.6 Å². The Bertz CT molecular complexity index is 241. The molecule has 2 rings (SSSR count). The first-order valence-corrected chi connectivity index (χ1v) is 5.93. The van der Waals surface area contributed by atoms with Crippen LogP contribution in [-0.2, 0) is 14.3 Å². The van der Waals surface area contributed by atoms with Gasteiger partial charge < -0.3 is 20.1 Å². The molecule has 2 N–H and O–H groups in total. The van der Waals surface area contributed by atoms with E-state index in [0.717, 1.165) is 25.9 Å². The van der Waals surface area contributed by atoms with E-state index in [2.05, 4.69) is 10.6 Å². The van der Waals surface area contributed by atoms with E-state index in [0.29, 0.717) is 13.2 Å². The highest BCUT2D eigenvalue weighted by Gasteiger charge is 2.30. The standard InChI is InChI=1S/C11H20N2O3/c1-15-10-7-12-6-9(10)13-11(14)8-2-4-16-5-3-8/h8-10,12H,2-7H2,1H3,(H,13,14)/t9?,10-/m0/s1. The Labute approximate surface area is 95.9 Å². The number of nitrogens with one attached hydrogen (secondary N) is 2. The van der Waals surface area contributed by atoms with Crippen molar-refractivity contribution in [3.05, 3.63) is 0 Å². The molecule has 2 heterocycles. The summed E-state index contributed by atoms with van der Waals surface area (Å²) in [5, 5.41) is 6.28. The van der Waals surface area contributed by atoms with Gasteiger partial charge in [0.15, 0.2) is 0 Å². The van der Waals surface area contributed by atoms with Crippen LogP contribution >= 0.6 is 0 Å². The first-order valence-electron chi connectivity index (χ1n) is 5.93. The third-order valence-electron chi connectivity index (χ3n) is 3.38. The number of amides is 1. The minimum absolute atomic E-state index is 0.101. The highest BCUT2D eigenvalue weighted by atomic mass is 16.5. The van der Waals surface area contributed by atoms with Crippen molar-refractivity contribution in [1.82, 2.24) is 10.6 Å². The van der Waals surface area contributed by atoms with Gasteiger partial charge in [0.25, 0.3) is 0 Å². The summed E-state index contributed by atoms with van der Waals surface area (Å²) in [6.07, 6.45) is 1.77. The SMILES string of the molecule is CO[C@H]1CNCC1NC(=O)C1CCOCC1. The fraction of sp³-hybridized carbons (Fsp3) is 0.909. The van der Waals surface area contributed by atoms with Gasteiger partial charge in [-0.1, -0.05) is 0 Å². The summed E-state index contributed by atoms with van der Waals surface area (Å²) >= 11 is 0. The van der Waals surface area contributed by atoms with Crippen LogP contribution in [0.1, 0.15) is 12.8 Å². The summed E-state index contributed by atoms with van der Waals surface area (Å²) in [5.41, 5.74) is 0. The Balaban J connectivity index is 1.81. The van der Waals surface area contributed by atoms with Crippen LogP contribution in [0.3, 0.4) is 0 Å². The molecule has 2 aliphatic heterocycles. The Kier molecular flexibility index (Phi) is 4.15. The molecule has 0 aromatic rings. The van der Waals surface area contributed by atoms with Crippen molar-refractivity contribution in [2.45, 2.75) is 25.0 Å². The van der Waals surface area contributed by atoms with Gasteiger partial charge in [0.2, 0.25) is 5.91 Å². The number of hydrogen-bond acceptors (Lipinski definition) is 4. The number of carbonyl (C=O) groups excluding carboxylic acids is 1. The quantitative estimate of drug-likeness (QED) is 0.685. The lowest BCUT2D eigenvalue weighted by atomic mass is 9.99. The molecule has 16 heavy (non-hydrogen) atoms. The van der Waals surface area contributed by atoms with E-state index in [-0.39, 0.29) is 24.0 Å². The predicted octanol–water partition coefficient (Wildman–Crippen LogP) is -0.484. The van der Waals surface area contributed by atoms with Gasteiger partial charge >= 0.3 is 0 Å². The molecule has 92 valence electrons. The molecule has 2 atom stereocenters. The number of carbonyl (C=O) groups is 1. The molecule has 0 spiro atoms. The van der Waals surface area contributed by atoms with Crippen LogP contribution < -0.4 is 10.6 Å². The largest absolute Gasteiger partial charge is 0.381 e. The normalized spacial score (nSPS) is 31.6. The predicted molar refractivity (Wildman–Crippen MR) is 59.1 cm³/mol. The lowest BCUT2D eigenvalue weighted by Gasteiger charge is -2.25. The summed E-state index contributed by atoms with van der Waals surface area (Å²) in [6, 6.07) is 0.111. The van der Waals surface area contributed by atoms with Crippen LogP contribution in [0.15, 0.2) is 0 Å². The van der Waals surface area contributed by atoms with Crippen LogP contribution in [0.2, 0.25) is 0 Å². The van der Waals surface area contributed by atoms with Gasteiger partial charge in [-0.3, -0.25) is 4.79 Å². The molecule has 5 nitrogen and oxygen atoms in total. The number of hydrogen-bond donors (Lipinski definition) is 2. The molecule has 0 radical (unpaired) electrons. The van der Waals surface area contributed by atoms with Gasteiger partial charge in [0, 0.05) is 39.3 Å². The molecule has 1 unspecified atom stereocenters. The van der Waals surface area contributed by atoms with Gasteiger partial charge in [-0.05, 0) is 12.8 Å². The van der Waals surface area contributed by atoms with E-state index in [1.54, 1.807) is 7.11 Å². The van der Waals surface area contributed by atoms with Gasteiger partial charge in [-0.15, -0.1) is 0 Å². The second-order valence-corrected chi connectivity index (χ2v) is 4.43. The van der Waals surface area contributed by atoms with Crippen molar-refractivity contribution in [2.75, 3.05) is 33.4 Å². The summed E-state index contributed by atoms with van der Waals surface area (Å²) in [4.78, 5) is 12.0. The lowest BCUT2D eigenvalue weighted by Crippen LogP contribution is -2.46. The minimum atomic E-state index is 0.101. The Morgan fingerprint density at radius 1 is 1.38 bits per heavy atom. The number of rotatable bonds is 3. The van der Waals surface area contributed by atoms with Gasteiger partial charge in [-0.25, -0.2) is 0 Å². The fourth-order valence-corrected chi connectivity index (χ4v) is 2.31. The molecule has 0 aliphatic carbocycles. The zero-order valence-electron chi connectivity index (χ0n) is 9.70. The van der Waals surface area contributed by atoms with E-state index in [9.17, 15) is 4.79 Å². The maximum Gasteiger partial charge on any atom is 0.223 e. The molecule has 0 aromatic heterocycles. The molecule has 0 saturated carbocycles. The van der Waals surface area contributed by atoms with E-state index < -0.39 is 0 Å². The summed E-state index contributed by atoms with van der Waals surface area (Å²) in [7, 11) is 1.69. The molecule has 0 bridgehead atoms. The third-order valence-corrected chi connectivity index (χ3v) is 3.38. The lowest BCUT2D eigenvalue weighted by molar-refractivity contribution is -0.129. The van der Waals surface area contributed by atoms with E-state index >= 15 is 0 Å². The molecule has 2 saturated heterocycles. The Hall–Kier alpha value is -0.650. The monoisotopic (exact) mass is 228 g/mol. The number of methoxy groups -OCH3 is 1. The Morgan fingerprint density at radius 2 is 2.12 bits per heavy atom. The van der Waals surface area contributed by atoms with E-state index in [4.69, 9.17) is 9.47 Å². The minimum Gasteiger partial charge on any atom is -0.381 e. The summed E-state index contributed by atoms with van der Waals surface area (Å²) in [6.45, 7) is 3.02. The third kappa shape index (κ3) is 2.72. The molecular weight excluding hydrogens is 208 g/mol.